The molecule has 2 heteroatoms. The molecule has 268 valence electrons. The van der Waals surface area contributed by atoms with Crippen LogP contribution in [0.25, 0.3) is 0 Å². The number of nitrogens with zero attached hydrogens (tertiary/aromatic N) is 2. The average molecular weight is 631 g/mol. The van der Waals surface area contributed by atoms with Gasteiger partial charge >= 0.3 is 0 Å². The lowest BCUT2D eigenvalue weighted by atomic mass is 10.0. The molecule has 1 unspecified atom stereocenters. The Morgan fingerprint density at radius 3 is 0.778 bits per heavy atom. The van der Waals surface area contributed by atoms with Crippen molar-refractivity contribution in [2.24, 2.45) is 0 Å². The molecular formula is C43H86N2. The highest BCUT2D eigenvalue weighted by Crippen LogP contribution is 2.24. The van der Waals surface area contributed by atoms with Crippen molar-refractivity contribution in [3.05, 3.63) is 12.4 Å². The third-order valence-electron chi connectivity index (χ3n) is 10.6. The maximum Gasteiger partial charge on any atom is 0.101 e. The summed E-state index contributed by atoms with van der Waals surface area (Å²) in [7, 11) is 0. The van der Waals surface area contributed by atoms with Gasteiger partial charge in [-0.2, -0.15) is 0 Å². The number of hydrogen-bond acceptors (Lipinski definition) is 2. The molecule has 0 N–H and O–H groups in total. The zero-order chi connectivity index (χ0) is 32.3. The van der Waals surface area contributed by atoms with Gasteiger partial charge in [0.1, 0.15) is 6.17 Å². The number of rotatable bonds is 37. The Morgan fingerprint density at radius 2 is 0.511 bits per heavy atom. The molecule has 0 saturated carbocycles. The van der Waals surface area contributed by atoms with E-state index in [1.807, 2.05) is 0 Å². The van der Waals surface area contributed by atoms with Gasteiger partial charge in [-0.15, -0.1) is 0 Å². The van der Waals surface area contributed by atoms with Crippen LogP contribution in [0.4, 0.5) is 0 Å². The van der Waals surface area contributed by atoms with Crippen molar-refractivity contribution in [3.63, 3.8) is 0 Å². The summed E-state index contributed by atoms with van der Waals surface area (Å²) >= 11 is 0. The van der Waals surface area contributed by atoms with Crippen LogP contribution in [-0.4, -0.2) is 29.1 Å². The largest absolute Gasteiger partial charge is 0.356 e. The second kappa shape index (κ2) is 34.7. The van der Waals surface area contributed by atoms with Gasteiger partial charge in [0.15, 0.2) is 0 Å². The quantitative estimate of drug-likeness (QED) is 0.0630. The summed E-state index contributed by atoms with van der Waals surface area (Å²) in [5, 5.41) is 0. The predicted molar refractivity (Wildman–Crippen MR) is 205 cm³/mol. The van der Waals surface area contributed by atoms with Gasteiger partial charge < -0.3 is 9.80 Å². The van der Waals surface area contributed by atoms with Gasteiger partial charge in [-0.05, 0) is 25.7 Å². The zero-order valence-electron chi connectivity index (χ0n) is 31.8. The van der Waals surface area contributed by atoms with E-state index in [-0.39, 0.29) is 0 Å². The van der Waals surface area contributed by atoms with Crippen LogP contribution in [-0.2, 0) is 0 Å². The van der Waals surface area contributed by atoms with E-state index in [1.54, 1.807) is 0 Å². The summed E-state index contributed by atoms with van der Waals surface area (Å²) in [6, 6.07) is 0. The molecular weight excluding hydrogens is 544 g/mol. The van der Waals surface area contributed by atoms with Gasteiger partial charge in [0.25, 0.3) is 0 Å². The first-order valence-corrected chi connectivity index (χ1v) is 21.5. The Kier molecular flexibility index (Phi) is 32.6. The summed E-state index contributed by atoms with van der Waals surface area (Å²) in [4.78, 5) is 5.45. The topological polar surface area (TPSA) is 6.48 Å². The van der Waals surface area contributed by atoms with Gasteiger partial charge in [0.05, 0.1) is 0 Å². The van der Waals surface area contributed by atoms with Gasteiger partial charge in [-0.1, -0.05) is 220 Å². The van der Waals surface area contributed by atoms with Crippen LogP contribution in [0.2, 0.25) is 0 Å². The van der Waals surface area contributed by atoms with Crippen LogP contribution < -0.4 is 0 Å². The first-order valence-electron chi connectivity index (χ1n) is 21.5. The molecule has 2 nitrogen and oxygen atoms in total. The van der Waals surface area contributed by atoms with E-state index in [4.69, 9.17) is 0 Å². The van der Waals surface area contributed by atoms with E-state index in [0.717, 1.165) is 0 Å². The molecule has 1 heterocycles. The molecule has 1 aliphatic rings. The highest BCUT2D eigenvalue weighted by atomic mass is 15.4. The minimum Gasteiger partial charge on any atom is -0.356 e. The molecule has 0 aromatic rings. The molecule has 1 atom stereocenters. The fraction of sp³-hybridized carbons (Fsp3) is 0.953. The van der Waals surface area contributed by atoms with Crippen LogP contribution >= 0.6 is 0 Å². The minimum atomic E-state index is 0.638. The second-order valence-corrected chi connectivity index (χ2v) is 15.0. The normalized spacial score (nSPS) is 14.8. The van der Waals surface area contributed by atoms with Crippen molar-refractivity contribution >= 4 is 0 Å². The lowest BCUT2D eigenvalue weighted by Gasteiger charge is -2.33. The molecule has 0 bridgehead atoms. The molecule has 1 rings (SSSR count). The van der Waals surface area contributed by atoms with E-state index in [1.165, 1.54) is 238 Å². The zero-order valence-corrected chi connectivity index (χ0v) is 31.8. The molecule has 1 aliphatic heterocycles. The Hall–Kier alpha value is -0.660. The van der Waals surface area contributed by atoms with Crippen LogP contribution in [0.5, 0.6) is 0 Å². The van der Waals surface area contributed by atoms with E-state index in [9.17, 15) is 0 Å². The van der Waals surface area contributed by atoms with Gasteiger partial charge in [-0.3, -0.25) is 0 Å². The fourth-order valence-electron chi connectivity index (χ4n) is 7.42. The van der Waals surface area contributed by atoms with E-state index < -0.39 is 0 Å². The third-order valence-corrected chi connectivity index (χ3v) is 10.6. The van der Waals surface area contributed by atoms with Crippen LogP contribution in [0.15, 0.2) is 12.4 Å². The van der Waals surface area contributed by atoms with Crippen LogP contribution in [0.3, 0.4) is 0 Å². The van der Waals surface area contributed by atoms with Gasteiger partial charge in [0, 0.05) is 25.5 Å². The summed E-state index contributed by atoms with van der Waals surface area (Å²) in [5.74, 6) is 0. The highest BCUT2D eigenvalue weighted by molar-refractivity contribution is 4.97. The molecule has 45 heavy (non-hydrogen) atoms. The van der Waals surface area contributed by atoms with Crippen LogP contribution in [0.1, 0.15) is 245 Å². The lowest BCUT2D eigenvalue weighted by molar-refractivity contribution is 0.135. The van der Waals surface area contributed by atoms with Crippen LogP contribution in [0, 0.1) is 0 Å². The number of hydrogen-bond donors (Lipinski definition) is 0. The first-order chi connectivity index (χ1) is 22.3. The SMILES string of the molecule is CCCCCCCCCCCCCCCN1C=CN(CCCCCCCCCCCCC)C1CCCCCCCCCCCC. The maximum absolute atomic E-state index is 2.73. The van der Waals surface area contributed by atoms with E-state index in [0.29, 0.717) is 6.17 Å². The summed E-state index contributed by atoms with van der Waals surface area (Å²) in [5.41, 5.74) is 0. The molecule has 0 saturated heterocycles. The number of unbranched alkanes of at least 4 members (excludes halogenated alkanes) is 31. The van der Waals surface area contributed by atoms with E-state index in [2.05, 4.69) is 43.0 Å². The lowest BCUT2D eigenvalue weighted by Crippen LogP contribution is -2.39. The summed E-state index contributed by atoms with van der Waals surface area (Å²) < 4.78 is 0. The third kappa shape index (κ3) is 27.0. The Labute approximate surface area is 286 Å². The van der Waals surface area contributed by atoms with Gasteiger partial charge in [-0.25, -0.2) is 0 Å². The molecule has 0 amide bonds. The molecule has 0 fully saturated rings. The Balaban J connectivity index is 2.21. The first kappa shape index (κ1) is 42.4. The fourth-order valence-corrected chi connectivity index (χ4v) is 7.42. The average Bonchev–Trinajstić information content (AvgIpc) is 3.43. The molecule has 0 radical (unpaired) electrons. The van der Waals surface area contributed by atoms with Crippen molar-refractivity contribution in [2.45, 2.75) is 252 Å². The van der Waals surface area contributed by atoms with Crippen molar-refractivity contribution < 1.29 is 0 Å². The summed E-state index contributed by atoms with van der Waals surface area (Å²) in [6.45, 7) is 9.49. The Morgan fingerprint density at radius 1 is 0.289 bits per heavy atom. The monoisotopic (exact) mass is 631 g/mol. The predicted octanol–water partition coefficient (Wildman–Crippen LogP) is 15.1. The van der Waals surface area contributed by atoms with Gasteiger partial charge in [0.2, 0.25) is 0 Å². The molecule has 0 aromatic heterocycles. The summed E-state index contributed by atoms with van der Waals surface area (Å²) in [6.07, 6.45) is 55.9. The highest BCUT2D eigenvalue weighted by Gasteiger charge is 2.24. The smallest absolute Gasteiger partial charge is 0.101 e. The van der Waals surface area contributed by atoms with Crippen molar-refractivity contribution in [3.8, 4) is 0 Å². The molecule has 0 aliphatic carbocycles. The maximum atomic E-state index is 2.73. The second-order valence-electron chi connectivity index (χ2n) is 15.0. The van der Waals surface area contributed by atoms with Crippen molar-refractivity contribution in [2.75, 3.05) is 13.1 Å². The molecule has 0 spiro atoms. The van der Waals surface area contributed by atoms with Crippen molar-refractivity contribution in [1.29, 1.82) is 0 Å². The molecule has 0 aromatic carbocycles. The van der Waals surface area contributed by atoms with Crippen molar-refractivity contribution in [1.82, 2.24) is 9.80 Å². The minimum absolute atomic E-state index is 0.638. The van der Waals surface area contributed by atoms with E-state index >= 15 is 0 Å². The standard InChI is InChI=1S/C43H86N2/c1-4-7-10-13-16-19-22-23-25-28-31-34-37-40-45-42-41-44(39-36-33-30-27-24-20-17-14-11-8-5-2)43(45)38-35-32-29-26-21-18-15-12-9-6-3/h41-43H,4-40H2,1-3H3. The Bertz CT molecular complexity index is 586.